The van der Waals surface area contributed by atoms with E-state index in [9.17, 15) is 0 Å². The summed E-state index contributed by atoms with van der Waals surface area (Å²) in [6, 6.07) is 9.63. The fraction of sp³-hybridized carbons (Fsp3) is 0.133. The van der Waals surface area contributed by atoms with Crippen LogP contribution in [0.25, 0.3) is 21.7 Å². The summed E-state index contributed by atoms with van der Waals surface area (Å²) in [7, 11) is 3.27. The smallest absolute Gasteiger partial charge is 0.154 e. The van der Waals surface area contributed by atoms with E-state index in [1.807, 2.05) is 35.7 Å². The molecule has 2 aromatic heterocycles. The Bertz CT molecular complexity index is 750. The lowest BCUT2D eigenvalue weighted by Crippen LogP contribution is -1.92. The molecule has 1 aromatic carbocycles. The summed E-state index contributed by atoms with van der Waals surface area (Å²) in [4.78, 5) is 1.06. The van der Waals surface area contributed by atoms with Crippen molar-refractivity contribution in [2.24, 2.45) is 0 Å². The van der Waals surface area contributed by atoms with E-state index in [4.69, 9.17) is 15.2 Å². The summed E-state index contributed by atoms with van der Waals surface area (Å²) in [5.41, 5.74) is 8.60. The van der Waals surface area contributed by atoms with Gasteiger partial charge in [-0.25, -0.2) is 0 Å². The molecule has 0 unspecified atom stereocenters. The minimum Gasteiger partial charge on any atom is -0.497 e. The van der Waals surface area contributed by atoms with Crippen molar-refractivity contribution >= 4 is 17.2 Å². The van der Waals surface area contributed by atoms with E-state index < -0.39 is 0 Å². The molecule has 21 heavy (non-hydrogen) atoms. The van der Waals surface area contributed by atoms with Gasteiger partial charge in [-0.15, -0.1) is 11.3 Å². The predicted octanol–water partition coefficient (Wildman–Crippen LogP) is 3.40. The second-order valence-electron chi connectivity index (χ2n) is 4.40. The van der Waals surface area contributed by atoms with Gasteiger partial charge in [0, 0.05) is 10.4 Å². The van der Waals surface area contributed by atoms with Crippen molar-refractivity contribution in [3.05, 3.63) is 35.7 Å². The second kappa shape index (κ2) is 5.49. The average molecular weight is 301 g/mol. The largest absolute Gasteiger partial charge is 0.497 e. The number of rotatable bonds is 4. The maximum atomic E-state index is 6.02. The van der Waals surface area contributed by atoms with Crippen molar-refractivity contribution in [1.29, 1.82) is 0 Å². The van der Waals surface area contributed by atoms with Crippen LogP contribution in [-0.2, 0) is 0 Å². The van der Waals surface area contributed by atoms with Crippen molar-refractivity contribution in [2.75, 3.05) is 20.0 Å². The van der Waals surface area contributed by atoms with Crippen molar-refractivity contribution in [3.63, 3.8) is 0 Å². The molecule has 0 fully saturated rings. The van der Waals surface area contributed by atoms with Crippen molar-refractivity contribution in [3.8, 4) is 33.2 Å². The standard InChI is InChI=1S/C15H15N3O2S/c1-19-9-5-6-11(20-2)10(8-9)14-13(15(16)18-17-14)12-4-3-7-21-12/h3-8H,1-2H3,(H3,16,17,18). The molecule has 0 aliphatic rings. The number of hydrogen-bond acceptors (Lipinski definition) is 5. The number of methoxy groups -OCH3 is 2. The maximum Gasteiger partial charge on any atom is 0.154 e. The van der Waals surface area contributed by atoms with E-state index in [0.717, 1.165) is 33.2 Å². The van der Waals surface area contributed by atoms with Gasteiger partial charge in [0.2, 0.25) is 0 Å². The minimum absolute atomic E-state index is 0.470. The number of aromatic amines is 1. The molecule has 0 saturated heterocycles. The Hall–Kier alpha value is -2.47. The van der Waals surface area contributed by atoms with Crippen LogP contribution in [0.15, 0.2) is 35.7 Å². The number of nitrogens with two attached hydrogens (primary N) is 1. The van der Waals surface area contributed by atoms with Crippen LogP contribution in [0.1, 0.15) is 0 Å². The molecule has 3 rings (SSSR count). The molecule has 0 aliphatic carbocycles. The summed E-state index contributed by atoms with van der Waals surface area (Å²) in [6.07, 6.45) is 0. The SMILES string of the molecule is COc1ccc(OC)c(-c2[nH]nc(N)c2-c2cccs2)c1. The van der Waals surface area contributed by atoms with Crippen LogP contribution >= 0.6 is 11.3 Å². The molecule has 0 amide bonds. The molecule has 2 heterocycles. The number of nitrogens with zero attached hydrogens (tertiary/aromatic N) is 1. The third-order valence-corrected chi connectivity index (χ3v) is 4.13. The fourth-order valence-electron chi connectivity index (χ4n) is 2.23. The van der Waals surface area contributed by atoms with Gasteiger partial charge in [0.25, 0.3) is 0 Å². The number of anilines is 1. The predicted molar refractivity (Wildman–Crippen MR) is 84.9 cm³/mol. The van der Waals surface area contributed by atoms with Crippen molar-refractivity contribution in [1.82, 2.24) is 10.2 Å². The first-order valence-corrected chi connectivity index (χ1v) is 7.22. The molecule has 108 valence electrons. The normalized spacial score (nSPS) is 10.6. The molecule has 0 radical (unpaired) electrons. The van der Waals surface area contributed by atoms with E-state index >= 15 is 0 Å². The molecular weight excluding hydrogens is 286 g/mol. The number of ether oxygens (including phenoxy) is 2. The summed E-state index contributed by atoms with van der Waals surface area (Å²) in [5.74, 6) is 1.95. The molecule has 0 bridgehead atoms. The van der Waals surface area contributed by atoms with Crippen molar-refractivity contribution in [2.45, 2.75) is 0 Å². The van der Waals surface area contributed by atoms with Gasteiger partial charge in [-0.3, -0.25) is 5.10 Å². The zero-order valence-electron chi connectivity index (χ0n) is 11.7. The highest BCUT2D eigenvalue weighted by Gasteiger charge is 2.19. The van der Waals surface area contributed by atoms with E-state index in [-0.39, 0.29) is 0 Å². The molecule has 0 spiro atoms. The first-order valence-electron chi connectivity index (χ1n) is 6.34. The van der Waals surface area contributed by atoms with E-state index in [1.54, 1.807) is 25.6 Å². The quantitative estimate of drug-likeness (QED) is 0.774. The van der Waals surface area contributed by atoms with Gasteiger partial charge >= 0.3 is 0 Å². The molecular formula is C15H15N3O2S. The lowest BCUT2D eigenvalue weighted by atomic mass is 10.0. The Labute approximate surface area is 126 Å². The Morgan fingerprint density at radius 3 is 2.71 bits per heavy atom. The van der Waals surface area contributed by atoms with E-state index in [2.05, 4.69) is 10.2 Å². The number of hydrogen-bond donors (Lipinski definition) is 2. The topological polar surface area (TPSA) is 73.2 Å². The van der Waals surface area contributed by atoms with Crippen LogP contribution in [0.5, 0.6) is 11.5 Å². The van der Waals surface area contributed by atoms with Crippen LogP contribution in [0.3, 0.4) is 0 Å². The number of nitrogens with one attached hydrogen (secondary N) is 1. The highest BCUT2D eigenvalue weighted by atomic mass is 32.1. The number of thiophene rings is 1. The van der Waals surface area contributed by atoms with Gasteiger partial charge < -0.3 is 15.2 Å². The average Bonchev–Trinajstić information content (AvgIpc) is 3.15. The van der Waals surface area contributed by atoms with Crippen LogP contribution < -0.4 is 15.2 Å². The first kappa shape index (κ1) is 13.5. The van der Waals surface area contributed by atoms with Gasteiger partial charge in [0.05, 0.1) is 25.5 Å². The van der Waals surface area contributed by atoms with Gasteiger partial charge in [-0.2, -0.15) is 5.10 Å². The van der Waals surface area contributed by atoms with E-state index in [0.29, 0.717) is 5.82 Å². The molecule has 3 N–H and O–H groups in total. The highest BCUT2D eigenvalue weighted by molar-refractivity contribution is 7.13. The number of benzene rings is 1. The molecule has 0 atom stereocenters. The summed E-state index contributed by atoms with van der Waals surface area (Å²) in [5, 5.41) is 9.15. The Balaban J connectivity index is 2.22. The third-order valence-electron chi connectivity index (χ3n) is 3.24. The summed E-state index contributed by atoms with van der Waals surface area (Å²) >= 11 is 1.61. The summed E-state index contributed by atoms with van der Waals surface area (Å²) < 4.78 is 10.7. The lowest BCUT2D eigenvalue weighted by molar-refractivity contribution is 0.404. The van der Waals surface area contributed by atoms with Gasteiger partial charge in [-0.05, 0) is 29.6 Å². The molecule has 5 nitrogen and oxygen atoms in total. The van der Waals surface area contributed by atoms with Gasteiger partial charge in [0.15, 0.2) is 5.82 Å². The van der Waals surface area contributed by atoms with Crippen LogP contribution in [0.4, 0.5) is 5.82 Å². The van der Waals surface area contributed by atoms with Crippen molar-refractivity contribution < 1.29 is 9.47 Å². The number of aromatic nitrogens is 2. The number of nitrogen functional groups attached to an aromatic ring is 1. The maximum absolute atomic E-state index is 6.02. The molecule has 0 saturated carbocycles. The van der Waals surface area contributed by atoms with Crippen LogP contribution in [0, 0.1) is 0 Å². The Morgan fingerprint density at radius 2 is 2.05 bits per heavy atom. The number of H-pyrrole nitrogens is 1. The second-order valence-corrected chi connectivity index (χ2v) is 5.35. The van der Waals surface area contributed by atoms with Crippen LogP contribution in [0.2, 0.25) is 0 Å². The zero-order chi connectivity index (χ0) is 14.8. The Kier molecular flexibility index (Phi) is 3.53. The first-order chi connectivity index (χ1) is 10.2. The van der Waals surface area contributed by atoms with Crippen LogP contribution in [-0.4, -0.2) is 24.4 Å². The zero-order valence-corrected chi connectivity index (χ0v) is 12.5. The summed E-state index contributed by atoms with van der Waals surface area (Å²) in [6.45, 7) is 0. The molecule has 6 heteroatoms. The fourth-order valence-corrected chi connectivity index (χ4v) is 3.02. The van der Waals surface area contributed by atoms with E-state index in [1.165, 1.54) is 0 Å². The highest BCUT2D eigenvalue weighted by Crippen LogP contribution is 2.41. The lowest BCUT2D eigenvalue weighted by Gasteiger charge is -2.10. The third kappa shape index (κ3) is 2.34. The van der Waals surface area contributed by atoms with Gasteiger partial charge in [0.1, 0.15) is 11.5 Å². The Morgan fingerprint density at radius 1 is 1.19 bits per heavy atom. The monoisotopic (exact) mass is 301 g/mol. The van der Waals surface area contributed by atoms with Gasteiger partial charge in [-0.1, -0.05) is 6.07 Å². The minimum atomic E-state index is 0.470. The molecule has 0 aliphatic heterocycles. The molecule has 3 aromatic rings.